The van der Waals surface area contributed by atoms with Crippen LogP contribution in [0.25, 0.3) is 0 Å². The molecule has 1 amide bonds. The molecule has 1 aliphatic rings. The highest BCUT2D eigenvalue weighted by molar-refractivity contribution is 5.89. The third kappa shape index (κ3) is 3.12. The Labute approximate surface area is 114 Å². The van der Waals surface area contributed by atoms with Gasteiger partial charge >= 0.3 is 5.97 Å². The lowest BCUT2D eigenvalue weighted by atomic mass is 10.1. The summed E-state index contributed by atoms with van der Waals surface area (Å²) >= 11 is 0. The Kier molecular flexibility index (Phi) is 4.01. The van der Waals surface area contributed by atoms with E-state index in [0.717, 1.165) is 12.1 Å². The fraction of sp³-hybridized carbons (Fsp3) is 0.429. The number of carboxylic acids is 1. The van der Waals surface area contributed by atoms with Crippen LogP contribution in [-0.4, -0.2) is 23.0 Å². The van der Waals surface area contributed by atoms with E-state index in [9.17, 15) is 18.4 Å². The predicted octanol–water partition coefficient (Wildman–Crippen LogP) is 1.73. The molecule has 6 heteroatoms. The molecule has 0 saturated heterocycles. The van der Waals surface area contributed by atoms with Crippen LogP contribution in [0.2, 0.25) is 0 Å². The molecule has 0 radical (unpaired) electrons. The van der Waals surface area contributed by atoms with Crippen LogP contribution in [0.4, 0.5) is 8.78 Å². The normalized spacial score (nSPS) is 22.1. The molecule has 1 saturated carbocycles. The lowest BCUT2D eigenvalue weighted by molar-refractivity contribution is -0.140. The predicted molar refractivity (Wildman–Crippen MR) is 66.9 cm³/mol. The van der Waals surface area contributed by atoms with Gasteiger partial charge in [0.2, 0.25) is 5.91 Å². The minimum absolute atomic E-state index is 0.0225. The summed E-state index contributed by atoms with van der Waals surface area (Å²) in [4.78, 5) is 22.4. The lowest BCUT2D eigenvalue weighted by Crippen LogP contribution is -2.36. The molecule has 3 atom stereocenters. The van der Waals surface area contributed by atoms with Crippen LogP contribution in [0.1, 0.15) is 18.9 Å². The van der Waals surface area contributed by atoms with Gasteiger partial charge in [-0.25, -0.2) is 8.78 Å². The van der Waals surface area contributed by atoms with Crippen LogP contribution in [0.3, 0.4) is 0 Å². The zero-order chi connectivity index (χ0) is 14.9. The molecule has 2 rings (SSSR count). The molecule has 108 valence electrons. The minimum Gasteiger partial charge on any atom is -0.481 e. The number of aliphatic carboxylic acids is 1. The molecular weight excluding hydrogens is 268 g/mol. The highest BCUT2D eigenvalue weighted by atomic mass is 19.1. The van der Waals surface area contributed by atoms with Crippen molar-refractivity contribution in [3.8, 4) is 0 Å². The molecule has 0 bridgehead atoms. The third-order valence-electron chi connectivity index (χ3n) is 3.41. The molecule has 4 nitrogen and oxygen atoms in total. The fourth-order valence-corrected chi connectivity index (χ4v) is 2.19. The van der Waals surface area contributed by atoms with Crippen molar-refractivity contribution in [2.24, 2.45) is 11.8 Å². The van der Waals surface area contributed by atoms with E-state index in [2.05, 4.69) is 5.32 Å². The van der Waals surface area contributed by atoms with Gasteiger partial charge in [-0.05, 0) is 31.9 Å². The van der Waals surface area contributed by atoms with Gasteiger partial charge in [0.05, 0.1) is 11.8 Å². The number of amides is 1. The van der Waals surface area contributed by atoms with Crippen LogP contribution in [0.5, 0.6) is 0 Å². The first kappa shape index (κ1) is 14.4. The van der Waals surface area contributed by atoms with Crippen LogP contribution in [0.15, 0.2) is 18.2 Å². The van der Waals surface area contributed by atoms with E-state index in [1.807, 2.05) is 0 Å². The van der Waals surface area contributed by atoms with Gasteiger partial charge in [-0.1, -0.05) is 6.07 Å². The summed E-state index contributed by atoms with van der Waals surface area (Å²) in [5.41, 5.74) is -0.0779. The molecule has 1 fully saturated rings. The first-order chi connectivity index (χ1) is 9.40. The maximum Gasteiger partial charge on any atom is 0.307 e. The maximum absolute atomic E-state index is 13.5. The summed E-state index contributed by atoms with van der Waals surface area (Å²) in [7, 11) is 0. The molecule has 2 N–H and O–H groups in total. The zero-order valence-corrected chi connectivity index (χ0v) is 10.9. The number of rotatable bonds is 5. The Balaban J connectivity index is 1.92. The number of halogens is 2. The molecule has 0 spiro atoms. The molecule has 1 aromatic rings. The Hall–Kier alpha value is -1.98. The summed E-state index contributed by atoms with van der Waals surface area (Å²) in [6.07, 6.45) is 0.344. The molecule has 3 unspecified atom stereocenters. The van der Waals surface area contributed by atoms with Crippen LogP contribution >= 0.6 is 0 Å². The van der Waals surface area contributed by atoms with Crippen molar-refractivity contribution < 1.29 is 23.5 Å². The average molecular weight is 283 g/mol. The smallest absolute Gasteiger partial charge is 0.307 e. The molecule has 20 heavy (non-hydrogen) atoms. The highest BCUT2D eigenvalue weighted by Crippen LogP contribution is 2.38. The van der Waals surface area contributed by atoms with Crippen LogP contribution in [-0.2, 0) is 16.0 Å². The van der Waals surface area contributed by atoms with Crippen molar-refractivity contribution in [2.45, 2.75) is 25.8 Å². The number of carbonyl (C=O) groups excluding carboxylic acids is 1. The molecule has 1 aliphatic carbocycles. The number of nitrogens with one attached hydrogen (secondary N) is 1. The van der Waals surface area contributed by atoms with E-state index in [1.165, 1.54) is 6.07 Å². The monoisotopic (exact) mass is 283 g/mol. The minimum atomic E-state index is -0.988. The number of hydrogen-bond donors (Lipinski definition) is 2. The second kappa shape index (κ2) is 5.56. The van der Waals surface area contributed by atoms with E-state index in [-0.39, 0.29) is 17.9 Å². The number of hydrogen-bond acceptors (Lipinski definition) is 2. The zero-order valence-electron chi connectivity index (χ0n) is 10.9. The van der Waals surface area contributed by atoms with Crippen molar-refractivity contribution in [1.29, 1.82) is 0 Å². The molecular formula is C14H15F2NO3. The van der Waals surface area contributed by atoms with Gasteiger partial charge in [0.25, 0.3) is 0 Å². The van der Waals surface area contributed by atoms with Gasteiger partial charge in [-0.15, -0.1) is 0 Å². The lowest BCUT2D eigenvalue weighted by Gasteiger charge is -2.14. The third-order valence-corrected chi connectivity index (χ3v) is 3.41. The van der Waals surface area contributed by atoms with Gasteiger partial charge in [0.15, 0.2) is 0 Å². The van der Waals surface area contributed by atoms with Crippen molar-refractivity contribution in [3.63, 3.8) is 0 Å². The van der Waals surface area contributed by atoms with Crippen molar-refractivity contribution in [2.75, 3.05) is 0 Å². The van der Waals surface area contributed by atoms with Gasteiger partial charge in [-0.3, -0.25) is 9.59 Å². The highest BCUT2D eigenvalue weighted by Gasteiger charge is 2.48. The Bertz CT molecular complexity index is 527. The van der Waals surface area contributed by atoms with Gasteiger partial charge in [0, 0.05) is 11.6 Å². The molecule has 0 aliphatic heterocycles. The quantitative estimate of drug-likeness (QED) is 0.865. The first-order valence-corrected chi connectivity index (χ1v) is 6.36. The topological polar surface area (TPSA) is 66.4 Å². The second-order valence-corrected chi connectivity index (χ2v) is 5.10. The van der Waals surface area contributed by atoms with Gasteiger partial charge in [0.1, 0.15) is 11.6 Å². The van der Waals surface area contributed by atoms with Crippen molar-refractivity contribution >= 4 is 11.9 Å². The largest absolute Gasteiger partial charge is 0.481 e. The summed E-state index contributed by atoms with van der Waals surface area (Å²) in [5.74, 6) is -3.82. The number of carboxylic acid groups (broad SMARTS) is 1. The number of carbonyl (C=O) groups is 2. The Morgan fingerprint density at radius 1 is 1.35 bits per heavy atom. The first-order valence-electron chi connectivity index (χ1n) is 6.36. The van der Waals surface area contributed by atoms with E-state index >= 15 is 0 Å². The maximum atomic E-state index is 13.5. The number of benzene rings is 1. The SMILES string of the molecule is CC(Cc1c(F)cccc1F)NC(=O)C1CC1C(=O)O. The van der Waals surface area contributed by atoms with E-state index < -0.39 is 35.5 Å². The fourth-order valence-electron chi connectivity index (χ4n) is 2.19. The van der Waals surface area contributed by atoms with Gasteiger partial charge < -0.3 is 10.4 Å². The van der Waals surface area contributed by atoms with Crippen LogP contribution in [0, 0.1) is 23.5 Å². The van der Waals surface area contributed by atoms with E-state index in [1.54, 1.807) is 6.92 Å². The molecule has 1 aromatic carbocycles. The van der Waals surface area contributed by atoms with Crippen molar-refractivity contribution in [3.05, 3.63) is 35.4 Å². The Morgan fingerprint density at radius 3 is 2.45 bits per heavy atom. The van der Waals surface area contributed by atoms with Gasteiger partial charge in [-0.2, -0.15) is 0 Å². The van der Waals surface area contributed by atoms with E-state index in [4.69, 9.17) is 5.11 Å². The summed E-state index contributed by atoms with van der Waals surface area (Å²) in [5, 5.41) is 11.3. The van der Waals surface area contributed by atoms with Crippen molar-refractivity contribution in [1.82, 2.24) is 5.32 Å². The summed E-state index contributed by atoms with van der Waals surface area (Å²) in [6, 6.07) is 3.13. The average Bonchev–Trinajstić information content (AvgIpc) is 3.14. The molecule has 0 aromatic heterocycles. The van der Waals surface area contributed by atoms with E-state index in [0.29, 0.717) is 6.42 Å². The summed E-state index contributed by atoms with van der Waals surface area (Å²) < 4.78 is 26.9. The second-order valence-electron chi connectivity index (χ2n) is 5.10. The Morgan fingerprint density at radius 2 is 1.95 bits per heavy atom. The standard InChI is InChI=1S/C14H15F2NO3/c1-7(5-10-11(15)3-2-4-12(10)16)17-13(18)8-6-9(8)14(19)20/h2-4,7-9H,5-6H2,1H3,(H,17,18)(H,19,20). The van der Waals surface area contributed by atoms with Crippen LogP contribution < -0.4 is 5.32 Å². The molecule has 0 heterocycles. The summed E-state index contributed by atoms with van der Waals surface area (Å²) in [6.45, 7) is 1.63.